The number of sulfonamides is 1. The minimum atomic E-state index is -3.35. The van der Waals surface area contributed by atoms with Gasteiger partial charge in [-0.2, -0.15) is 0 Å². The highest BCUT2D eigenvalue weighted by molar-refractivity contribution is 7.92. The lowest BCUT2D eigenvalue weighted by Gasteiger charge is -2.19. The Morgan fingerprint density at radius 3 is 2.95 bits per heavy atom. The molecule has 1 aromatic rings. The number of aryl methyl sites for hydroxylation is 1. The fourth-order valence-corrected chi connectivity index (χ4v) is 3.07. The van der Waals surface area contributed by atoms with E-state index in [1.165, 1.54) is 0 Å². The number of benzene rings is 1. The van der Waals surface area contributed by atoms with Gasteiger partial charge in [-0.15, -0.1) is 0 Å². The van der Waals surface area contributed by atoms with Gasteiger partial charge in [0.25, 0.3) is 0 Å². The molecule has 0 unspecified atom stereocenters. The maximum absolute atomic E-state index is 11.9. The van der Waals surface area contributed by atoms with Crippen LogP contribution in [0.1, 0.15) is 25.8 Å². The molecule has 0 bridgehead atoms. The van der Waals surface area contributed by atoms with Gasteiger partial charge in [0, 0.05) is 17.9 Å². The topological polar surface area (TPSA) is 67.4 Å². The number of rotatable bonds is 6. The van der Waals surface area contributed by atoms with E-state index < -0.39 is 10.0 Å². The van der Waals surface area contributed by atoms with Crippen LogP contribution in [0, 0.1) is 0 Å². The molecule has 20 heavy (non-hydrogen) atoms. The first kappa shape index (κ1) is 15.1. The zero-order valence-corrected chi connectivity index (χ0v) is 12.8. The monoisotopic (exact) mass is 298 g/mol. The number of ether oxygens (including phenoxy) is 1. The summed E-state index contributed by atoms with van der Waals surface area (Å²) >= 11 is 0. The maximum Gasteiger partial charge on any atom is 0.235 e. The molecule has 0 aliphatic carbocycles. The van der Waals surface area contributed by atoms with Gasteiger partial charge in [-0.25, -0.2) is 8.42 Å². The molecule has 0 saturated heterocycles. The molecule has 0 radical (unpaired) electrons. The number of hydrogen-bond acceptors (Lipinski definition) is 4. The molecule has 1 aliphatic rings. The van der Waals surface area contributed by atoms with E-state index in [1.807, 2.05) is 26.0 Å². The number of anilines is 2. The van der Waals surface area contributed by atoms with Crippen molar-refractivity contribution < 1.29 is 13.2 Å². The van der Waals surface area contributed by atoms with E-state index in [2.05, 4.69) is 10.0 Å². The van der Waals surface area contributed by atoms with Crippen LogP contribution in [-0.4, -0.2) is 33.4 Å². The van der Waals surface area contributed by atoms with Crippen LogP contribution in [0.15, 0.2) is 18.2 Å². The van der Waals surface area contributed by atoms with Gasteiger partial charge in [0.1, 0.15) is 0 Å². The first-order valence-corrected chi connectivity index (χ1v) is 8.60. The summed E-state index contributed by atoms with van der Waals surface area (Å²) < 4.78 is 31.8. The Bertz CT molecular complexity index is 556. The highest BCUT2D eigenvalue weighted by Gasteiger charge is 2.13. The van der Waals surface area contributed by atoms with Crippen LogP contribution in [0.3, 0.4) is 0 Å². The Kier molecular flexibility index (Phi) is 4.88. The molecule has 0 fully saturated rings. The molecule has 0 amide bonds. The van der Waals surface area contributed by atoms with Gasteiger partial charge >= 0.3 is 0 Å². The molecule has 6 heteroatoms. The third kappa shape index (κ3) is 4.38. The van der Waals surface area contributed by atoms with Gasteiger partial charge in [-0.3, -0.25) is 4.72 Å². The number of fused-ring (bicyclic) bond motifs is 1. The molecule has 0 atom stereocenters. The van der Waals surface area contributed by atoms with Crippen molar-refractivity contribution in [1.29, 1.82) is 0 Å². The van der Waals surface area contributed by atoms with Gasteiger partial charge in [0.15, 0.2) is 0 Å². The Labute approximate surface area is 120 Å². The lowest BCUT2D eigenvalue weighted by Crippen LogP contribution is -2.22. The highest BCUT2D eigenvalue weighted by Crippen LogP contribution is 2.25. The van der Waals surface area contributed by atoms with E-state index in [0.717, 1.165) is 30.6 Å². The van der Waals surface area contributed by atoms with E-state index in [-0.39, 0.29) is 18.5 Å². The molecule has 0 saturated carbocycles. The standard InChI is InChI=1S/C14H22N2O3S/c1-11(2)19-8-9-20(17,18)16-13-5-6-14-12(10-13)4-3-7-15-14/h5-6,10-11,15-16H,3-4,7-9H2,1-2H3. The Hall–Kier alpha value is -1.27. The summed E-state index contributed by atoms with van der Waals surface area (Å²) in [7, 11) is -3.35. The number of nitrogens with one attached hydrogen (secondary N) is 2. The molecule has 1 aromatic carbocycles. The Morgan fingerprint density at radius 2 is 2.20 bits per heavy atom. The molecular formula is C14H22N2O3S. The van der Waals surface area contributed by atoms with Crippen LogP contribution in [0.25, 0.3) is 0 Å². The minimum Gasteiger partial charge on any atom is -0.385 e. The first-order chi connectivity index (χ1) is 9.46. The fourth-order valence-electron chi connectivity index (χ4n) is 2.16. The third-order valence-corrected chi connectivity index (χ3v) is 4.37. The van der Waals surface area contributed by atoms with Crippen LogP contribution >= 0.6 is 0 Å². The van der Waals surface area contributed by atoms with Gasteiger partial charge < -0.3 is 10.1 Å². The van der Waals surface area contributed by atoms with Crippen molar-refractivity contribution in [2.75, 3.05) is 28.9 Å². The van der Waals surface area contributed by atoms with Crippen LogP contribution in [0.5, 0.6) is 0 Å². The van der Waals surface area contributed by atoms with E-state index in [9.17, 15) is 8.42 Å². The maximum atomic E-state index is 11.9. The summed E-state index contributed by atoms with van der Waals surface area (Å²) in [5.74, 6) is -0.0273. The SMILES string of the molecule is CC(C)OCCS(=O)(=O)Nc1ccc2c(c1)CCCN2. The molecule has 112 valence electrons. The Balaban J connectivity index is 1.98. The van der Waals surface area contributed by atoms with Crippen LogP contribution in [0.4, 0.5) is 11.4 Å². The van der Waals surface area contributed by atoms with Crippen LogP contribution in [0.2, 0.25) is 0 Å². The molecule has 2 N–H and O–H groups in total. The zero-order chi connectivity index (χ0) is 14.6. The summed E-state index contributed by atoms with van der Waals surface area (Å²) in [6.07, 6.45) is 2.10. The van der Waals surface area contributed by atoms with Gasteiger partial charge in [-0.05, 0) is 50.5 Å². The summed E-state index contributed by atoms with van der Waals surface area (Å²) in [5, 5.41) is 3.30. The zero-order valence-electron chi connectivity index (χ0n) is 12.0. The van der Waals surface area contributed by atoms with Crippen molar-refractivity contribution in [3.8, 4) is 0 Å². The molecule has 1 aliphatic heterocycles. The normalized spacial score (nSPS) is 14.8. The van der Waals surface area contributed by atoms with E-state index >= 15 is 0 Å². The predicted octanol–water partition coefficient (Wildman–Crippen LogP) is 2.21. The largest absolute Gasteiger partial charge is 0.385 e. The quantitative estimate of drug-likeness (QED) is 0.845. The fraction of sp³-hybridized carbons (Fsp3) is 0.571. The second kappa shape index (κ2) is 6.45. The highest BCUT2D eigenvalue weighted by atomic mass is 32.2. The summed E-state index contributed by atoms with van der Waals surface area (Å²) in [4.78, 5) is 0. The van der Waals surface area contributed by atoms with Crippen LogP contribution < -0.4 is 10.0 Å². The molecule has 0 aromatic heterocycles. The van der Waals surface area contributed by atoms with Crippen molar-refractivity contribution in [3.05, 3.63) is 23.8 Å². The van der Waals surface area contributed by atoms with Gasteiger partial charge in [0.05, 0.1) is 18.5 Å². The summed E-state index contributed by atoms with van der Waals surface area (Å²) in [6, 6.07) is 5.62. The minimum absolute atomic E-state index is 0.0273. The number of hydrogen-bond donors (Lipinski definition) is 2. The predicted molar refractivity (Wildman–Crippen MR) is 81.8 cm³/mol. The van der Waals surface area contributed by atoms with E-state index in [4.69, 9.17) is 4.74 Å². The molecule has 0 spiro atoms. The molecule has 2 rings (SSSR count). The van der Waals surface area contributed by atoms with Crippen molar-refractivity contribution in [2.24, 2.45) is 0 Å². The Morgan fingerprint density at radius 1 is 1.40 bits per heavy atom. The summed E-state index contributed by atoms with van der Waals surface area (Å²) in [6.45, 7) is 4.96. The van der Waals surface area contributed by atoms with Gasteiger partial charge in [-0.1, -0.05) is 0 Å². The lowest BCUT2D eigenvalue weighted by atomic mass is 10.0. The van der Waals surface area contributed by atoms with Crippen molar-refractivity contribution in [1.82, 2.24) is 0 Å². The van der Waals surface area contributed by atoms with Crippen LogP contribution in [-0.2, 0) is 21.2 Å². The van der Waals surface area contributed by atoms with E-state index in [0.29, 0.717) is 5.69 Å². The average molecular weight is 298 g/mol. The van der Waals surface area contributed by atoms with Gasteiger partial charge in [0.2, 0.25) is 10.0 Å². The van der Waals surface area contributed by atoms with Crippen molar-refractivity contribution in [2.45, 2.75) is 32.8 Å². The second-order valence-corrected chi connectivity index (χ2v) is 7.08. The average Bonchev–Trinajstić information content (AvgIpc) is 2.37. The smallest absolute Gasteiger partial charge is 0.235 e. The molecule has 1 heterocycles. The second-order valence-electron chi connectivity index (χ2n) is 5.24. The molecule has 5 nitrogen and oxygen atoms in total. The van der Waals surface area contributed by atoms with Crippen molar-refractivity contribution >= 4 is 21.4 Å². The molecular weight excluding hydrogens is 276 g/mol. The van der Waals surface area contributed by atoms with E-state index in [1.54, 1.807) is 6.07 Å². The summed E-state index contributed by atoms with van der Waals surface area (Å²) in [5.41, 5.74) is 2.88. The lowest BCUT2D eigenvalue weighted by molar-refractivity contribution is 0.0913. The first-order valence-electron chi connectivity index (χ1n) is 6.95. The van der Waals surface area contributed by atoms with Crippen molar-refractivity contribution in [3.63, 3.8) is 0 Å². The third-order valence-electron chi connectivity index (χ3n) is 3.12.